The first-order valence-electron chi connectivity index (χ1n) is 10.9. The van der Waals surface area contributed by atoms with Gasteiger partial charge in [0, 0.05) is 19.0 Å². The number of pyridine rings is 1. The second-order valence-corrected chi connectivity index (χ2v) is 10.4. The van der Waals surface area contributed by atoms with E-state index in [1.165, 1.54) is 11.8 Å². The molecule has 0 N–H and O–H groups in total. The van der Waals surface area contributed by atoms with Crippen molar-refractivity contribution in [1.29, 1.82) is 0 Å². The highest BCUT2D eigenvalue weighted by Gasteiger charge is 2.60. The molecule has 0 spiro atoms. The summed E-state index contributed by atoms with van der Waals surface area (Å²) in [5.74, 6) is -0.879. The Balaban J connectivity index is 1.43. The first-order chi connectivity index (χ1) is 13.2. The Kier molecular flexibility index (Phi) is 4.07. The van der Waals surface area contributed by atoms with Gasteiger partial charge in [0.05, 0.1) is 6.20 Å². The van der Waals surface area contributed by atoms with Crippen molar-refractivity contribution in [3.63, 3.8) is 0 Å². The van der Waals surface area contributed by atoms with Gasteiger partial charge in [-0.3, -0.25) is 4.98 Å². The van der Waals surface area contributed by atoms with Gasteiger partial charge >= 0.3 is 0 Å². The summed E-state index contributed by atoms with van der Waals surface area (Å²) in [4.78, 5) is 4.07. The molecule has 4 unspecified atom stereocenters. The predicted molar refractivity (Wildman–Crippen MR) is 104 cm³/mol. The van der Waals surface area contributed by atoms with Gasteiger partial charge in [0.15, 0.2) is 0 Å². The number of aromatic nitrogens is 1. The highest BCUT2D eigenvalue weighted by molar-refractivity contribution is 5.72. The molecule has 1 heterocycles. The molecule has 0 bridgehead atoms. The molecular formula is C24H30F3N. The van der Waals surface area contributed by atoms with Crippen molar-refractivity contribution in [2.24, 2.45) is 34.5 Å². The molecule has 28 heavy (non-hydrogen) atoms. The van der Waals surface area contributed by atoms with E-state index in [0.29, 0.717) is 24.2 Å². The molecule has 152 valence electrons. The van der Waals surface area contributed by atoms with E-state index in [1.54, 1.807) is 12.3 Å². The highest BCUT2D eigenvalue weighted by Crippen LogP contribution is 2.68. The smallest absolute Gasteiger partial charge is 0.248 e. The van der Waals surface area contributed by atoms with Gasteiger partial charge < -0.3 is 0 Å². The molecule has 0 saturated heterocycles. The van der Waals surface area contributed by atoms with Crippen LogP contribution in [-0.4, -0.2) is 10.9 Å². The summed E-state index contributed by atoms with van der Waals surface area (Å²) in [6, 6.07) is 1.61. The van der Waals surface area contributed by atoms with Crippen LogP contribution < -0.4 is 0 Å². The maximum atomic E-state index is 14.1. The van der Waals surface area contributed by atoms with Gasteiger partial charge in [-0.1, -0.05) is 19.9 Å². The fourth-order valence-electron chi connectivity index (χ4n) is 7.75. The first kappa shape index (κ1) is 18.7. The third-order valence-electron chi connectivity index (χ3n) is 9.24. The minimum absolute atomic E-state index is 0.0540. The molecule has 4 aliphatic rings. The second-order valence-electron chi connectivity index (χ2n) is 10.4. The Morgan fingerprint density at radius 1 is 1.00 bits per heavy atom. The third-order valence-corrected chi connectivity index (χ3v) is 9.24. The molecule has 5 rings (SSSR count). The van der Waals surface area contributed by atoms with Crippen LogP contribution in [0.4, 0.5) is 13.2 Å². The van der Waals surface area contributed by atoms with E-state index in [2.05, 4.69) is 24.9 Å². The van der Waals surface area contributed by atoms with Gasteiger partial charge in [-0.05, 0) is 90.2 Å². The minimum Gasteiger partial charge on any atom is -0.261 e. The van der Waals surface area contributed by atoms with E-state index in [1.807, 2.05) is 0 Å². The number of hydrogen-bond acceptors (Lipinski definition) is 1. The number of alkyl halides is 2. The fourth-order valence-corrected chi connectivity index (χ4v) is 7.75. The van der Waals surface area contributed by atoms with Gasteiger partial charge in [0.25, 0.3) is 0 Å². The van der Waals surface area contributed by atoms with Crippen LogP contribution in [0.1, 0.15) is 70.8 Å². The predicted octanol–water partition coefficient (Wildman–Crippen LogP) is 6.89. The van der Waals surface area contributed by atoms with Gasteiger partial charge in [0.1, 0.15) is 5.82 Å². The summed E-state index contributed by atoms with van der Waals surface area (Å²) in [7, 11) is 0. The standard InChI is InChI=1S/C24H30F3N/c1-22-9-10-24(26,27)12-16(22)3-4-18-20-6-5-19(15-11-17(25)14-28-13-15)23(20,2)8-7-21(18)22/h5,11,13-14,16,18,20-21H,3-4,6-10,12H2,1-2H3/t16?,18?,20?,21?,22-,23+/m0/s1. The molecule has 4 aliphatic carbocycles. The monoisotopic (exact) mass is 389 g/mol. The molecule has 0 radical (unpaired) electrons. The van der Waals surface area contributed by atoms with Crippen molar-refractivity contribution < 1.29 is 13.2 Å². The Morgan fingerprint density at radius 2 is 1.82 bits per heavy atom. The number of fused-ring (bicyclic) bond motifs is 5. The quantitative estimate of drug-likeness (QED) is 0.509. The number of nitrogens with zero attached hydrogens (tertiary/aromatic N) is 1. The fraction of sp³-hybridized carbons (Fsp3) is 0.708. The average molecular weight is 390 g/mol. The Morgan fingerprint density at radius 3 is 2.61 bits per heavy atom. The average Bonchev–Trinajstić information content (AvgIpc) is 2.99. The van der Waals surface area contributed by atoms with E-state index < -0.39 is 5.92 Å². The van der Waals surface area contributed by atoms with Crippen LogP contribution in [0.25, 0.3) is 5.57 Å². The van der Waals surface area contributed by atoms with Crippen molar-refractivity contribution in [1.82, 2.24) is 4.98 Å². The highest BCUT2D eigenvalue weighted by atomic mass is 19.3. The zero-order chi connectivity index (χ0) is 19.7. The van der Waals surface area contributed by atoms with Crippen LogP contribution in [0.2, 0.25) is 0 Å². The van der Waals surface area contributed by atoms with E-state index in [0.717, 1.165) is 37.7 Å². The molecule has 4 heteroatoms. The Bertz CT molecular complexity index is 818. The molecule has 0 aliphatic heterocycles. The van der Waals surface area contributed by atoms with Crippen molar-refractivity contribution in [2.75, 3.05) is 0 Å². The van der Waals surface area contributed by atoms with Crippen LogP contribution in [0.3, 0.4) is 0 Å². The van der Waals surface area contributed by atoms with Gasteiger partial charge in [-0.2, -0.15) is 0 Å². The topological polar surface area (TPSA) is 12.9 Å². The molecule has 0 amide bonds. The van der Waals surface area contributed by atoms with E-state index in [-0.39, 0.29) is 35.4 Å². The Labute approximate surface area is 165 Å². The Hall–Kier alpha value is -1.32. The number of hydrogen-bond donors (Lipinski definition) is 0. The molecule has 3 fully saturated rings. The molecule has 3 saturated carbocycles. The normalized spacial score (nSPS) is 44.2. The maximum absolute atomic E-state index is 14.1. The van der Waals surface area contributed by atoms with Crippen LogP contribution in [0.5, 0.6) is 0 Å². The molecule has 1 aromatic rings. The summed E-state index contributed by atoms with van der Waals surface area (Å²) >= 11 is 0. The van der Waals surface area contributed by atoms with E-state index >= 15 is 0 Å². The SMILES string of the molecule is C[C@]12CCC(F)(F)CC1CCC1C2CC[C@]2(C)C(c3cncc(F)c3)=CCC12. The summed E-state index contributed by atoms with van der Waals surface area (Å²) in [6.45, 7) is 4.66. The lowest BCUT2D eigenvalue weighted by molar-refractivity contribution is -0.157. The van der Waals surface area contributed by atoms with Crippen LogP contribution in [0.15, 0.2) is 24.5 Å². The van der Waals surface area contributed by atoms with Crippen molar-refractivity contribution in [2.45, 2.75) is 71.1 Å². The van der Waals surface area contributed by atoms with Crippen molar-refractivity contribution in [3.05, 3.63) is 35.9 Å². The summed E-state index contributed by atoms with van der Waals surface area (Å²) in [5.41, 5.74) is 2.29. The summed E-state index contributed by atoms with van der Waals surface area (Å²) in [5, 5.41) is 0. The van der Waals surface area contributed by atoms with Crippen LogP contribution in [-0.2, 0) is 0 Å². The lowest BCUT2D eigenvalue weighted by atomic mass is 9.44. The third kappa shape index (κ3) is 2.62. The number of rotatable bonds is 1. The number of halogens is 3. The lowest BCUT2D eigenvalue weighted by Crippen LogP contribution is -2.54. The zero-order valence-electron chi connectivity index (χ0n) is 16.9. The van der Waals surface area contributed by atoms with Crippen molar-refractivity contribution in [3.8, 4) is 0 Å². The van der Waals surface area contributed by atoms with Gasteiger partial charge in [0.2, 0.25) is 5.92 Å². The second kappa shape index (κ2) is 6.09. The molecule has 6 atom stereocenters. The largest absolute Gasteiger partial charge is 0.261 e. The number of allylic oxidation sites excluding steroid dienone is 2. The van der Waals surface area contributed by atoms with Crippen LogP contribution >= 0.6 is 0 Å². The van der Waals surface area contributed by atoms with Gasteiger partial charge in [-0.15, -0.1) is 0 Å². The van der Waals surface area contributed by atoms with Crippen LogP contribution in [0, 0.1) is 40.3 Å². The first-order valence-corrected chi connectivity index (χ1v) is 10.9. The molecule has 1 aromatic heterocycles. The maximum Gasteiger partial charge on any atom is 0.248 e. The summed E-state index contributed by atoms with van der Waals surface area (Å²) in [6.07, 6.45) is 11.4. The summed E-state index contributed by atoms with van der Waals surface area (Å²) < 4.78 is 41.9. The molecule has 1 nitrogen and oxygen atoms in total. The van der Waals surface area contributed by atoms with E-state index in [9.17, 15) is 13.2 Å². The zero-order valence-corrected chi connectivity index (χ0v) is 16.9. The minimum atomic E-state index is -2.47. The van der Waals surface area contributed by atoms with E-state index in [4.69, 9.17) is 0 Å². The van der Waals surface area contributed by atoms with Gasteiger partial charge in [-0.25, -0.2) is 13.2 Å². The molecule has 0 aromatic carbocycles. The van der Waals surface area contributed by atoms with Crippen molar-refractivity contribution >= 4 is 5.57 Å². The lowest BCUT2D eigenvalue weighted by Gasteiger charge is -2.61. The molecular weight excluding hydrogens is 359 g/mol.